The molecule has 2 atom stereocenters. The molecular formula is C16H20ClN3O. The number of hydrogen-bond acceptors (Lipinski definition) is 3. The fraction of sp³-hybridized carbons (Fsp3) is 0.562. The normalized spacial score (nSPS) is 26.4. The van der Waals surface area contributed by atoms with Crippen molar-refractivity contribution in [3.05, 3.63) is 29.0 Å². The zero-order valence-corrected chi connectivity index (χ0v) is 13.0. The highest BCUT2D eigenvalue weighted by Gasteiger charge is 2.36. The number of imidazole rings is 1. The van der Waals surface area contributed by atoms with E-state index in [1.54, 1.807) is 0 Å². The smallest absolute Gasteiger partial charge is 0.123 e. The van der Waals surface area contributed by atoms with Gasteiger partial charge in [0.25, 0.3) is 0 Å². The highest BCUT2D eigenvalue weighted by molar-refractivity contribution is 6.31. The van der Waals surface area contributed by atoms with Crippen LogP contribution in [0.5, 0.6) is 0 Å². The van der Waals surface area contributed by atoms with E-state index in [9.17, 15) is 0 Å². The molecule has 1 aliphatic carbocycles. The summed E-state index contributed by atoms with van der Waals surface area (Å²) < 4.78 is 8.07. The van der Waals surface area contributed by atoms with Gasteiger partial charge in [0, 0.05) is 24.7 Å². The number of rotatable bonds is 2. The van der Waals surface area contributed by atoms with E-state index in [4.69, 9.17) is 21.3 Å². The first-order valence-electron chi connectivity index (χ1n) is 7.69. The second-order valence-electron chi connectivity index (χ2n) is 6.10. The molecule has 21 heavy (non-hydrogen) atoms. The summed E-state index contributed by atoms with van der Waals surface area (Å²) in [6.07, 6.45) is 4.17. The number of morpholine rings is 1. The lowest BCUT2D eigenvalue weighted by Gasteiger charge is -2.37. The summed E-state index contributed by atoms with van der Waals surface area (Å²) in [7, 11) is 2.09. The minimum absolute atomic E-state index is 0.433. The van der Waals surface area contributed by atoms with Gasteiger partial charge in [0.05, 0.1) is 30.3 Å². The van der Waals surface area contributed by atoms with Crippen molar-refractivity contribution < 1.29 is 4.74 Å². The molecule has 4 rings (SSSR count). The molecule has 0 amide bonds. The summed E-state index contributed by atoms with van der Waals surface area (Å²) in [5.41, 5.74) is 2.13. The molecule has 112 valence electrons. The third-order valence-corrected chi connectivity index (χ3v) is 5.11. The number of hydrogen-bond donors (Lipinski definition) is 0. The molecule has 0 radical (unpaired) electrons. The van der Waals surface area contributed by atoms with Crippen LogP contribution in [0.2, 0.25) is 5.02 Å². The van der Waals surface area contributed by atoms with Crippen LogP contribution in [0.3, 0.4) is 0 Å². The van der Waals surface area contributed by atoms with Crippen molar-refractivity contribution in [3.63, 3.8) is 0 Å². The highest BCUT2D eigenvalue weighted by atomic mass is 35.5. The van der Waals surface area contributed by atoms with E-state index in [1.165, 1.54) is 19.3 Å². The maximum Gasteiger partial charge on any atom is 0.123 e. The molecule has 0 spiro atoms. The summed E-state index contributed by atoms with van der Waals surface area (Å²) in [6, 6.07) is 6.49. The number of aromatic nitrogens is 2. The lowest BCUT2D eigenvalue weighted by Crippen LogP contribution is -2.48. The topological polar surface area (TPSA) is 30.3 Å². The predicted octanol–water partition coefficient (Wildman–Crippen LogP) is 2.98. The van der Waals surface area contributed by atoms with Crippen LogP contribution in [0.4, 0.5) is 0 Å². The van der Waals surface area contributed by atoms with Crippen LogP contribution >= 0.6 is 11.6 Å². The van der Waals surface area contributed by atoms with Gasteiger partial charge in [-0.2, -0.15) is 0 Å². The van der Waals surface area contributed by atoms with E-state index < -0.39 is 0 Å². The van der Waals surface area contributed by atoms with Crippen molar-refractivity contribution in [3.8, 4) is 0 Å². The number of nitrogens with zero attached hydrogens (tertiary/aromatic N) is 3. The molecule has 1 aliphatic heterocycles. The Morgan fingerprint density at radius 2 is 2.29 bits per heavy atom. The van der Waals surface area contributed by atoms with E-state index in [-0.39, 0.29) is 0 Å². The van der Waals surface area contributed by atoms with Crippen molar-refractivity contribution in [1.29, 1.82) is 0 Å². The van der Waals surface area contributed by atoms with Gasteiger partial charge in [-0.05, 0) is 37.5 Å². The Morgan fingerprint density at radius 3 is 3.19 bits per heavy atom. The minimum atomic E-state index is 0.433. The van der Waals surface area contributed by atoms with E-state index in [0.717, 1.165) is 41.6 Å². The zero-order valence-electron chi connectivity index (χ0n) is 12.3. The second kappa shape index (κ2) is 5.27. The van der Waals surface area contributed by atoms with Crippen LogP contribution < -0.4 is 0 Å². The molecule has 2 heterocycles. The number of halogens is 1. The fourth-order valence-corrected chi connectivity index (χ4v) is 3.91. The Balaban J connectivity index is 1.63. The fourth-order valence-electron chi connectivity index (χ4n) is 3.75. The number of fused-ring (bicyclic) bond motifs is 2. The summed E-state index contributed by atoms with van der Waals surface area (Å²) in [4.78, 5) is 7.32. The Morgan fingerprint density at radius 1 is 1.38 bits per heavy atom. The Bertz CT molecular complexity index is 669. The molecule has 2 fully saturated rings. The third kappa shape index (κ3) is 2.35. The average Bonchev–Trinajstić information content (AvgIpc) is 3.05. The van der Waals surface area contributed by atoms with Crippen LogP contribution in [0.1, 0.15) is 25.1 Å². The molecule has 2 aliphatic rings. The van der Waals surface area contributed by atoms with Gasteiger partial charge in [0.1, 0.15) is 5.82 Å². The van der Waals surface area contributed by atoms with E-state index in [2.05, 4.69) is 16.5 Å². The molecule has 1 saturated carbocycles. The van der Waals surface area contributed by atoms with Crippen LogP contribution in [0, 0.1) is 0 Å². The first-order chi connectivity index (χ1) is 10.2. The number of ether oxygens (including phenoxy) is 1. The predicted molar refractivity (Wildman–Crippen MR) is 83.5 cm³/mol. The van der Waals surface area contributed by atoms with Crippen LogP contribution in [-0.2, 0) is 18.3 Å². The van der Waals surface area contributed by atoms with Crippen LogP contribution in [-0.4, -0.2) is 39.7 Å². The lowest BCUT2D eigenvalue weighted by atomic mass is 10.1. The molecular weight excluding hydrogens is 286 g/mol. The summed E-state index contributed by atoms with van der Waals surface area (Å²) >= 11 is 6.07. The minimum Gasteiger partial charge on any atom is -0.375 e. The van der Waals surface area contributed by atoms with Crippen molar-refractivity contribution in [2.24, 2.45) is 7.05 Å². The molecule has 5 heteroatoms. The molecule has 1 aromatic heterocycles. The second-order valence-corrected chi connectivity index (χ2v) is 6.53. The van der Waals surface area contributed by atoms with Gasteiger partial charge in [-0.15, -0.1) is 0 Å². The SMILES string of the molecule is Cn1c(CN2CCO[C@H]3CCC[C@H]32)nc2cc(Cl)ccc21. The molecule has 0 bridgehead atoms. The largest absolute Gasteiger partial charge is 0.375 e. The molecule has 1 aromatic carbocycles. The monoisotopic (exact) mass is 305 g/mol. The molecule has 0 N–H and O–H groups in total. The van der Waals surface area contributed by atoms with E-state index in [1.807, 2.05) is 18.2 Å². The maximum absolute atomic E-state index is 6.07. The van der Waals surface area contributed by atoms with Gasteiger partial charge in [-0.25, -0.2) is 4.98 Å². The third-order valence-electron chi connectivity index (χ3n) is 4.88. The molecule has 4 nitrogen and oxygen atoms in total. The lowest BCUT2D eigenvalue weighted by molar-refractivity contribution is -0.0598. The van der Waals surface area contributed by atoms with Gasteiger partial charge in [0.15, 0.2) is 0 Å². The van der Waals surface area contributed by atoms with Crippen molar-refractivity contribution in [2.75, 3.05) is 13.2 Å². The molecule has 2 aromatic rings. The number of benzene rings is 1. The Labute approximate surface area is 129 Å². The number of aryl methyl sites for hydroxylation is 1. The maximum atomic E-state index is 6.07. The van der Waals surface area contributed by atoms with Crippen molar-refractivity contribution in [1.82, 2.24) is 14.5 Å². The van der Waals surface area contributed by atoms with Gasteiger partial charge >= 0.3 is 0 Å². The van der Waals surface area contributed by atoms with Gasteiger partial charge in [0.2, 0.25) is 0 Å². The van der Waals surface area contributed by atoms with Crippen molar-refractivity contribution >= 4 is 22.6 Å². The summed E-state index contributed by atoms with van der Waals surface area (Å²) in [6.45, 7) is 2.75. The molecule has 1 saturated heterocycles. The van der Waals surface area contributed by atoms with Crippen LogP contribution in [0.15, 0.2) is 18.2 Å². The van der Waals surface area contributed by atoms with Crippen LogP contribution in [0.25, 0.3) is 11.0 Å². The highest BCUT2D eigenvalue weighted by Crippen LogP contribution is 2.31. The summed E-state index contributed by atoms with van der Waals surface area (Å²) in [5, 5.41) is 0.745. The average molecular weight is 306 g/mol. The standard InChI is InChI=1S/C16H20ClN3O/c1-19-13-6-5-11(17)9-12(13)18-16(19)10-20-7-8-21-15-4-2-3-14(15)20/h5-6,9,14-15H,2-4,7-8,10H2,1H3/t14-,15+/m1/s1. The van der Waals surface area contributed by atoms with E-state index in [0.29, 0.717) is 12.1 Å². The summed E-state index contributed by atoms with van der Waals surface area (Å²) in [5.74, 6) is 1.11. The van der Waals surface area contributed by atoms with E-state index >= 15 is 0 Å². The molecule has 0 unspecified atom stereocenters. The quantitative estimate of drug-likeness (QED) is 0.854. The zero-order chi connectivity index (χ0) is 14.4. The van der Waals surface area contributed by atoms with Gasteiger partial charge in [-0.1, -0.05) is 11.6 Å². The van der Waals surface area contributed by atoms with Gasteiger partial charge < -0.3 is 9.30 Å². The Kier molecular flexibility index (Phi) is 3.40. The first-order valence-corrected chi connectivity index (χ1v) is 8.07. The van der Waals surface area contributed by atoms with Gasteiger partial charge in [-0.3, -0.25) is 4.90 Å². The van der Waals surface area contributed by atoms with Crippen molar-refractivity contribution in [2.45, 2.75) is 38.0 Å². The first kappa shape index (κ1) is 13.6. The Hall–Kier alpha value is -1.10.